The third-order valence-corrected chi connectivity index (χ3v) is 10.8. The maximum Gasteiger partial charge on any atom is 0.144 e. The molecule has 184 valence electrons. The van der Waals surface area contributed by atoms with E-state index in [0.717, 1.165) is 0 Å². The van der Waals surface area contributed by atoms with Crippen LogP contribution in [0.1, 0.15) is 0 Å². The standard InChI is InChI=1S/C30H24P.C6H6O/c1-5-13-25(14-6-1)26-21-23-30(24-22-26)31(27-15-7-2-8-16-27,28-17-9-3-10-18-28)29-19-11-4-12-20-29;7-6-4-2-1-3-5-6/h1-24H;1-5,7H/q+1;. The van der Waals surface area contributed by atoms with Crippen molar-refractivity contribution in [2.45, 2.75) is 0 Å². The molecule has 0 aliphatic rings. The molecule has 0 amide bonds. The third kappa shape index (κ3) is 5.44. The van der Waals surface area contributed by atoms with Gasteiger partial charge in [-0.3, -0.25) is 0 Å². The molecule has 0 saturated heterocycles. The molecule has 1 N–H and O–H groups in total. The van der Waals surface area contributed by atoms with Crippen molar-refractivity contribution in [1.29, 1.82) is 0 Å². The number of hydrogen-bond donors (Lipinski definition) is 1. The number of para-hydroxylation sites is 1. The molecule has 6 aromatic rings. The van der Waals surface area contributed by atoms with Gasteiger partial charge in [0.1, 0.15) is 34.2 Å². The molecule has 0 spiro atoms. The Labute approximate surface area is 226 Å². The minimum atomic E-state index is -2.02. The van der Waals surface area contributed by atoms with Gasteiger partial charge in [0, 0.05) is 0 Å². The van der Waals surface area contributed by atoms with Crippen LogP contribution in [0.5, 0.6) is 5.75 Å². The van der Waals surface area contributed by atoms with Crippen molar-refractivity contribution in [2.24, 2.45) is 0 Å². The second-order valence-electron chi connectivity index (χ2n) is 8.93. The summed E-state index contributed by atoms with van der Waals surface area (Å²) >= 11 is 0. The van der Waals surface area contributed by atoms with E-state index in [0.29, 0.717) is 5.75 Å². The van der Waals surface area contributed by atoms with Crippen LogP contribution in [0.4, 0.5) is 0 Å². The van der Waals surface area contributed by atoms with Gasteiger partial charge < -0.3 is 5.11 Å². The summed E-state index contributed by atoms with van der Waals surface area (Å²) in [5.41, 5.74) is 2.49. The molecule has 6 rings (SSSR count). The van der Waals surface area contributed by atoms with E-state index in [9.17, 15) is 0 Å². The van der Waals surface area contributed by atoms with Crippen LogP contribution in [0.25, 0.3) is 11.1 Å². The van der Waals surface area contributed by atoms with Crippen molar-refractivity contribution < 1.29 is 5.11 Å². The molecule has 0 radical (unpaired) electrons. The quantitative estimate of drug-likeness (QED) is 0.241. The summed E-state index contributed by atoms with van der Waals surface area (Å²) in [5.74, 6) is 0.322. The first-order valence-corrected chi connectivity index (χ1v) is 14.5. The van der Waals surface area contributed by atoms with Crippen molar-refractivity contribution >= 4 is 28.5 Å². The lowest BCUT2D eigenvalue weighted by Crippen LogP contribution is -2.38. The zero-order chi connectivity index (χ0) is 26.0. The van der Waals surface area contributed by atoms with Crippen molar-refractivity contribution in [3.63, 3.8) is 0 Å². The normalized spacial score (nSPS) is 10.7. The average Bonchev–Trinajstić information content (AvgIpc) is 3.01. The maximum atomic E-state index is 8.63. The van der Waals surface area contributed by atoms with Gasteiger partial charge in [0.2, 0.25) is 0 Å². The van der Waals surface area contributed by atoms with Crippen molar-refractivity contribution in [3.8, 4) is 16.9 Å². The van der Waals surface area contributed by atoms with Crippen LogP contribution in [-0.4, -0.2) is 5.11 Å². The second kappa shape index (κ2) is 12.2. The lowest BCUT2D eigenvalue weighted by Gasteiger charge is -2.27. The number of hydrogen-bond acceptors (Lipinski definition) is 1. The second-order valence-corrected chi connectivity index (χ2v) is 12.3. The van der Waals surface area contributed by atoms with Crippen LogP contribution >= 0.6 is 7.26 Å². The molecule has 38 heavy (non-hydrogen) atoms. The van der Waals surface area contributed by atoms with Crippen LogP contribution in [-0.2, 0) is 0 Å². The van der Waals surface area contributed by atoms with E-state index < -0.39 is 7.26 Å². The summed E-state index contributed by atoms with van der Waals surface area (Å²) in [7, 11) is -2.02. The summed E-state index contributed by atoms with van der Waals surface area (Å²) in [5, 5.41) is 14.1. The Morgan fingerprint density at radius 2 is 0.579 bits per heavy atom. The molecule has 0 atom stereocenters. The van der Waals surface area contributed by atoms with Crippen LogP contribution in [0.15, 0.2) is 176 Å². The van der Waals surface area contributed by atoms with Gasteiger partial charge in [0.25, 0.3) is 0 Å². The van der Waals surface area contributed by atoms with Gasteiger partial charge >= 0.3 is 0 Å². The zero-order valence-electron chi connectivity index (χ0n) is 21.1. The van der Waals surface area contributed by atoms with Crippen molar-refractivity contribution in [3.05, 3.63) is 176 Å². The number of aromatic hydroxyl groups is 1. The smallest absolute Gasteiger partial charge is 0.144 e. The first-order valence-electron chi connectivity index (χ1n) is 12.7. The van der Waals surface area contributed by atoms with E-state index in [4.69, 9.17) is 5.11 Å². The highest BCUT2D eigenvalue weighted by molar-refractivity contribution is 8.01. The van der Waals surface area contributed by atoms with E-state index in [1.54, 1.807) is 24.3 Å². The highest BCUT2D eigenvalue weighted by Gasteiger charge is 2.47. The Morgan fingerprint density at radius 1 is 0.289 bits per heavy atom. The zero-order valence-corrected chi connectivity index (χ0v) is 22.0. The predicted molar refractivity (Wildman–Crippen MR) is 165 cm³/mol. The Morgan fingerprint density at radius 3 is 0.921 bits per heavy atom. The minimum absolute atomic E-state index is 0.322. The van der Waals surface area contributed by atoms with Crippen LogP contribution in [0.3, 0.4) is 0 Å². The number of phenols is 1. The molecule has 0 unspecified atom stereocenters. The predicted octanol–water partition coefficient (Wildman–Crippen LogP) is 7.37. The van der Waals surface area contributed by atoms with Gasteiger partial charge in [-0.05, 0) is 71.8 Å². The summed E-state index contributed by atoms with van der Waals surface area (Å²) in [4.78, 5) is 0. The fourth-order valence-corrected chi connectivity index (χ4v) is 9.03. The lowest BCUT2D eigenvalue weighted by molar-refractivity contribution is 0.475. The first kappa shape index (κ1) is 25.2. The molecular formula is C36H30OP+. The summed E-state index contributed by atoms with van der Waals surface area (Å²) in [6, 6.07) is 61.5. The van der Waals surface area contributed by atoms with E-state index in [1.807, 2.05) is 6.07 Å². The highest BCUT2D eigenvalue weighted by atomic mass is 31.2. The fraction of sp³-hybridized carbons (Fsp3) is 0. The lowest BCUT2D eigenvalue weighted by atomic mass is 10.1. The number of rotatable bonds is 5. The molecule has 6 aromatic carbocycles. The van der Waals surface area contributed by atoms with Gasteiger partial charge in [0.15, 0.2) is 0 Å². The molecule has 0 aliphatic carbocycles. The van der Waals surface area contributed by atoms with Gasteiger partial charge in [-0.2, -0.15) is 0 Å². The van der Waals surface area contributed by atoms with Gasteiger partial charge in [-0.25, -0.2) is 0 Å². The molecule has 0 heterocycles. The Hall–Kier alpha value is -4.45. The van der Waals surface area contributed by atoms with Gasteiger partial charge in [-0.15, -0.1) is 0 Å². The van der Waals surface area contributed by atoms with E-state index >= 15 is 0 Å². The molecular weight excluding hydrogens is 479 g/mol. The molecule has 0 saturated carbocycles. The minimum Gasteiger partial charge on any atom is -0.508 e. The Balaban J connectivity index is 0.000000366. The SMILES string of the molecule is Oc1ccccc1.c1ccc(-c2ccc([P+](c3ccccc3)(c3ccccc3)c3ccccc3)cc2)cc1. The summed E-state index contributed by atoms with van der Waals surface area (Å²) in [6.45, 7) is 0. The third-order valence-electron chi connectivity index (χ3n) is 6.55. The van der Waals surface area contributed by atoms with Crippen LogP contribution < -0.4 is 21.2 Å². The van der Waals surface area contributed by atoms with Crippen molar-refractivity contribution in [2.75, 3.05) is 0 Å². The highest BCUT2D eigenvalue weighted by Crippen LogP contribution is 2.54. The van der Waals surface area contributed by atoms with Crippen molar-refractivity contribution in [1.82, 2.24) is 0 Å². The molecule has 0 fully saturated rings. The summed E-state index contributed by atoms with van der Waals surface area (Å²) in [6.07, 6.45) is 0. The molecule has 0 bridgehead atoms. The average molecular weight is 510 g/mol. The van der Waals surface area contributed by atoms with Gasteiger partial charge in [-0.1, -0.05) is 115 Å². The molecule has 1 nitrogen and oxygen atoms in total. The largest absolute Gasteiger partial charge is 0.508 e. The maximum absolute atomic E-state index is 8.63. The van der Waals surface area contributed by atoms with Crippen LogP contribution in [0.2, 0.25) is 0 Å². The molecule has 0 aromatic heterocycles. The number of benzene rings is 6. The first-order chi connectivity index (χ1) is 18.8. The van der Waals surface area contributed by atoms with E-state index in [2.05, 4.69) is 146 Å². The number of phenolic OH excluding ortho intramolecular Hbond substituents is 1. The fourth-order valence-electron chi connectivity index (χ4n) is 4.79. The van der Waals surface area contributed by atoms with Gasteiger partial charge in [0.05, 0.1) is 0 Å². The summed E-state index contributed by atoms with van der Waals surface area (Å²) < 4.78 is 0. The monoisotopic (exact) mass is 509 g/mol. The molecule has 2 heteroatoms. The topological polar surface area (TPSA) is 20.2 Å². The molecule has 0 aliphatic heterocycles. The van der Waals surface area contributed by atoms with E-state index in [1.165, 1.54) is 32.3 Å². The van der Waals surface area contributed by atoms with E-state index in [-0.39, 0.29) is 0 Å². The van der Waals surface area contributed by atoms with Crippen LogP contribution in [0, 0.1) is 0 Å². The Bertz CT molecular complexity index is 1420. The Kier molecular flexibility index (Phi) is 8.09.